The van der Waals surface area contributed by atoms with Gasteiger partial charge in [-0.25, -0.2) is 9.78 Å². The molecule has 1 heterocycles. The van der Waals surface area contributed by atoms with Crippen LogP contribution in [0.4, 0.5) is 0 Å². The van der Waals surface area contributed by atoms with Crippen molar-refractivity contribution in [3.05, 3.63) is 0 Å². The van der Waals surface area contributed by atoms with Crippen LogP contribution in [-0.4, -0.2) is 19.4 Å². The summed E-state index contributed by atoms with van der Waals surface area (Å²) in [5, 5.41) is 0. The number of rotatable bonds is 0. The lowest BCUT2D eigenvalue weighted by atomic mass is 9.53. The highest BCUT2D eigenvalue weighted by atomic mass is 17.3. The SMILES string of the molecule is C1OCOOC2(OO1)C1CC3CC(C1)CC2C3. The van der Waals surface area contributed by atoms with Crippen LogP contribution in [0.3, 0.4) is 0 Å². The van der Waals surface area contributed by atoms with E-state index >= 15 is 0 Å². The molecule has 5 nitrogen and oxygen atoms in total. The summed E-state index contributed by atoms with van der Waals surface area (Å²) in [6.45, 7) is 0.217. The van der Waals surface area contributed by atoms with Crippen molar-refractivity contribution in [1.29, 1.82) is 0 Å². The first-order valence-electron chi connectivity index (χ1n) is 6.56. The summed E-state index contributed by atoms with van der Waals surface area (Å²) in [6, 6.07) is 0. The second-order valence-electron chi connectivity index (χ2n) is 5.87. The minimum atomic E-state index is -0.669. The number of hydrogen-bond donors (Lipinski definition) is 0. The lowest BCUT2D eigenvalue weighted by Crippen LogP contribution is -2.60. The fourth-order valence-electron chi connectivity index (χ4n) is 4.46. The van der Waals surface area contributed by atoms with Gasteiger partial charge >= 0.3 is 0 Å². The molecule has 1 spiro atoms. The van der Waals surface area contributed by atoms with E-state index in [-0.39, 0.29) is 13.6 Å². The first-order valence-corrected chi connectivity index (χ1v) is 6.56. The van der Waals surface area contributed by atoms with Crippen molar-refractivity contribution in [3.8, 4) is 0 Å². The van der Waals surface area contributed by atoms with Crippen LogP contribution in [0.15, 0.2) is 0 Å². The maximum Gasteiger partial charge on any atom is 0.239 e. The molecule has 1 aliphatic heterocycles. The number of hydrogen-bond acceptors (Lipinski definition) is 5. The minimum Gasteiger partial charge on any atom is -0.323 e. The zero-order chi connectivity index (χ0) is 11.3. The molecule has 0 unspecified atom stereocenters. The average Bonchev–Trinajstić information content (AvgIpc) is 2.26. The van der Waals surface area contributed by atoms with Crippen LogP contribution in [0.5, 0.6) is 0 Å². The highest BCUT2D eigenvalue weighted by molar-refractivity contribution is 5.03. The van der Waals surface area contributed by atoms with Crippen LogP contribution in [0.1, 0.15) is 32.1 Å². The summed E-state index contributed by atoms with van der Waals surface area (Å²) in [6.07, 6.45) is 6.12. The molecule has 4 aliphatic carbocycles. The van der Waals surface area contributed by atoms with Crippen LogP contribution in [-0.2, 0) is 24.3 Å². The first-order chi connectivity index (χ1) is 8.37. The van der Waals surface area contributed by atoms with Gasteiger partial charge in [0.25, 0.3) is 0 Å². The summed E-state index contributed by atoms with van der Waals surface area (Å²) in [7, 11) is 0. The first kappa shape index (κ1) is 10.7. The third kappa shape index (κ3) is 1.57. The summed E-state index contributed by atoms with van der Waals surface area (Å²) >= 11 is 0. The van der Waals surface area contributed by atoms with E-state index in [2.05, 4.69) is 0 Å². The maximum atomic E-state index is 5.58. The van der Waals surface area contributed by atoms with Gasteiger partial charge in [0.1, 0.15) is 0 Å². The molecule has 5 rings (SSSR count). The highest BCUT2D eigenvalue weighted by Crippen LogP contribution is 2.60. The average molecular weight is 242 g/mol. The summed E-state index contributed by atoms with van der Waals surface area (Å²) in [5.74, 6) is 1.87. The maximum absolute atomic E-state index is 5.58. The summed E-state index contributed by atoms with van der Waals surface area (Å²) in [4.78, 5) is 21.4. The van der Waals surface area contributed by atoms with Crippen molar-refractivity contribution >= 4 is 0 Å². The molecule has 5 fully saturated rings. The van der Waals surface area contributed by atoms with E-state index in [1.807, 2.05) is 0 Å². The van der Waals surface area contributed by atoms with Crippen molar-refractivity contribution in [1.82, 2.24) is 0 Å². The predicted octanol–water partition coefficient (Wildman–Crippen LogP) is 1.98. The molecule has 0 N–H and O–H groups in total. The minimum absolute atomic E-state index is 0.109. The van der Waals surface area contributed by atoms with E-state index in [1.165, 1.54) is 32.1 Å². The molecule has 4 bridgehead atoms. The van der Waals surface area contributed by atoms with Gasteiger partial charge in [0.2, 0.25) is 5.79 Å². The van der Waals surface area contributed by atoms with Crippen LogP contribution in [0.25, 0.3) is 0 Å². The van der Waals surface area contributed by atoms with Crippen LogP contribution >= 0.6 is 0 Å². The molecule has 0 aromatic carbocycles. The molecule has 96 valence electrons. The summed E-state index contributed by atoms with van der Waals surface area (Å²) in [5.41, 5.74) is 0. The Morgan fingerprint density at radius 3 is 1.76 bits per heavy atom. The molecule has 5 heteroatoms. The molecule has 4 saturated carbocycles. The van der Waals surface area contributed by atoms with E-state index in [9.17, 15) is 0 Å². The molecule has 0 amide bonds. The molecule has 0 radical (unpaired) electrons. The topological polar surface area (TPSA) is 46.2 Å². The van der Waals surface area contributed by atoms with Crippen LogP contribution in [0, 0.1) is 23.7 Å². The Balaban J connectivity index is 1.62. The zero-order valence-electron chi connectivity index (χ0n) is 9.80. The van der Waals surface area contributed by atoms with E-state index < -0.39 is 5.79 Å². The Kier molecular flexibility index (Phi) is 2.45. The van der Waals surface area contributed by atoms with E-state index in [0.29, 0.717) is 11.8 Å². The molecule has 17 heavy (non-hydrogen) atoms. The second kappa shape index (κ2) is 3.90. The molecule has 5 aliphatic rings. The fourth-order valence-corrected chi connectivity index (χ4v) is 4.46. The van der Waals surface area contributed by atoms with Gasteiger partial charge in [-0.15, -0.1) is 0 Å². The Bertz CT molecular complexity index is 267. The van der Waals surface area contributed by atoms with Crippen LogP contribution < -0.4 is 0 Å². The van der Waals surface area contributed by atoms with Gasteiger partial charge in [-0.2, -0.15) is 9.78 Å². The highest BCUT2D eigenvalue weighted by Gasteiger charge is 2.61. The normalized spacial score (nSPS) is 48.0. The predicted molar refractivity (Wildman–Crippen MR) is 54.9 cm³/mol. The Morgan fingerprint density at radius 2 is 1.24 bits per heavy atom. The van der Waals surface area contributed by atoms with Crippen LogP contribution in [0.2, 0.25) is 0 Å². The van der Waals surface area contributed by atoms with Gasteiger partial charge in [-0.05, 0) is 43.9 Å². The lowest BCUT2D eigenvalue weighted by Gasteiger charge is -2.58. The van der Waals surface area contributed by atoms with E-state index in [1.54, 1.807) is 0 Å². The fraction of sp³-hybridized carbons (Fsp3) is 1.00. The van der Waals surface area contributed by atoms with Gasteiger partial charge in [0, 0.05) is 11.8 Å². The molecule has 0 aromatic rings. The Morgan fingerprint density at radius 1 is 0.706 bits per heavy atom. The van der Waals surface area contributed by atoms with E-state index in [0.717, 1.165) is 11.8 Å². The molecular weight excluding hydrogens is 224 g/mol. The zero-order valence-corrected chi connectivity index (χ0v) is 9.80. The lowest BCUT2D eigenvalue weighted by molar-refractivity contribution is -0.585. The molecular formula is C12H18O5. The standard InChI is InChI=1S/C12H18O5/c1-8-2-10-4-9(1)5-11(3-8)12(10)16-14-6-13-7-15-17-12/h8-11H,1-7H2. The monoisotopic (exact) mass is 242 g/mol. The third-order valence-corrected chi connectivity index (χ3v) is 4.92. The van der Waals surface area contributed by atoms with Crippen molar-refractivity contribution in [2.24, 2.45) is 23.7 Å². The largest absolute Gasteiger partial charge is 0.323 e. The van der Waals surface area contributed by atoms with Crippen molar-refractivity contribution in [3.63, 3.8) is 0 Å². The van der Waals surface area contributed by atoms with Crippen molar-refractivity contribution in [2.75, 3.05) is 13.6 Å². The van der Waals surface area contributed by atoms with Gasteiger partial charge in [-0.1, -0.05) is 0 Å². The number of ether oxygens (including phenoxy) is 1. The quantitative estimate of drug-likeness (QED) is 0.608. The Hall–Kier alpha value is -0.200. The third-order valence-electron chi connectivity index (χ3n) is 4.92. The van der Waals surface area contributed by atoms with Gasteiger partial charge in [0.05, 0.1) is 0 Å². The van der Waals surface area contributed by atoms with Gasteiger partial charge in [0.15, 0.2) is 13.6 Å². The van der Waals surface area contributed by atoms with Gasteiger partial charge < -0.3 is 4.74 Å². The smallest absolute Gasteiger partial charge is 0.239 e. The Labute approximate surface area is 100 Å². The summed E-state index contributed by atoms with van der Waals surface area (Å²) < 4.78 is 4.97. The van der Waals surface area contributed by atoms with Crippen molar-refractivity contribution in [2.45, 2.75) is 37.9 Å². The van der Waals surface area contributed by atoms with Crippen molar-refractivity contribution < 1.29 is 24.3 Å². The van der Waals surface area contributed by atoms with Gasteiger partial charge in [-0.3, -0.25) is 0 Å². The van der Waals surface area contributed by atoms with E-state index in [4.69, 9.17) is 24.3 Å². The molecule has 1 saturated heterocycles. The molecule has 0 aromatic heterocycles. The molecule has 0 atom stereocenters. The second-order valence-corrected chi connectivity index (χ2v) is 5.87.